The third-order valence-electron chi connectivity index (χ3n) is 2.00. The third-order valence-corrected chi connectivity index (χ3v) is 2.88. The van der Waals surface area contributed by atoms with Crippen molar-refractivity contribution in [2.45, 2.75) is 11.8 Å². The van der Waals surface area contributed by atoms with Gasteiger partial charge in [-0.2, -0.15) is 0 Å². The van der Waals surface area contributed by atoms with Crippen LogP contribution in [0.5, 0.6) is 5.75 Å². The topological polar surface area (TPSA) is 18.5 Å². The van der Waals surface area contributed by atoms with E-state index in [1.54, 1.807) is 18.9 Å². The highest BCUT2D eigenvalue weighted by atomic mass is 32.2. The minimum atomic E-state index is 0.606. The molecular formula is C11H16O2S. The number of benzene rings is 1. The normalized spacial score (nSPS) is 10.2. The summed E-state index contributed by atoms with van der Waals surface area (Å²) in [5.74, 6) is 0.953. The Bertz CT molecular complexity index is 287. The second-order valence-electron chi connectivity index (χ2n) is 2.92. The fraction of sp³-hybridized carbons (Fsp3) is 0.455. The van der Waals surface area contributed by atoms with Gasteiger partial charge in [0.2, 0.25) is 0 Å². The highest BCUT2D eigenvalue weighted by molar-refractivity contribution is 7.98. The van der Waals surface area contributed by atoms with Crippen LogP contribution in [0.2, 0.25) is 0 Å². The Labute approximate surface area is 89.6 Å². The minimum absolute atomic E-state index is 0.606. The van der Waals surface area contributed by atoms with E-state index in [4.69, 9.17) is 9.47 Å². The molecule has 1 rings (SSSR count). The highest BCUT2D eigenvalue weighted by Gasteiger charge is 2.03. The van der Waals surface area contributed by atoms with Gasteiger partial charge >= 0.3 is 0 Å². The number of thioether (sulfide) groups is 1. The van der Waals surface area contributed by atoms with Crippen molar-refractivity contribution in [2.75, 3.05) is 26.6 Å². The molecule has 14 heavy (non-hydrogen) atoms. The Balaban J connectivity index is 2.66. The Morgan fingerprint density at radius 1 is 1.29 bits per heavy atom. The van der Waals surface area contributed by atoms with Crippen molar-refractivity contribution in [1.82, 2.24) is 0 Å². The van der Waals surface area contributed by atoms with Crippen molar-refractivity contribution >= 4 is 11.8 Å². The molecular weight excluding hydrogens is 196 g/mol. The zero-order valence-corrected chi connectivity index (χ0v) is 9.69. The fourth-order valence-corrected chi connectivity index (χ4v) is 1.83. The molecule has 0 unspecified atom stereocenters. The predicted octanol–water partition coefficient (Wildman–Crippen LogP) is 2.74. The first-order valence-corrected chi connectivity index (χ1v) is 5.77. The fourth-order valence-electron chi connectivity index (χ4n) is 1.21. The van der Waals surface area contributed by atoms with Gasteiger partial charge in [0.05, 0.1) is 6.61 Å². The van der Waals surface area contributed by atoms with E-state index < -0.39 is 0 Å². The summed E-state index contributed by atoms with van der Waals surface area (Å²) >= 11 is 1.74. The number of methoxy groups -OCH3 is 1. The summed E-state index contributed by atoms with van der Waals surface area (Å²) in [5, 5.41) is 0. The lowest BCUT2D eigenvalue weighted by Gasteiger charge is -2.10. The van der Waals surface area contributed by atoms with Gasteiger partial charge in [0.25, 0.3) is 0 Å². The lowest BCUT2D eigenvalue weighted by atomic mass is 10.2. The minimum Gasteiger partial charge on any atom is -0.491 e. The molecule has 78 valence electrons. The van der Waals surface area contributed by atoms with Crippen LogP contribution >= 0.6 is 11.8 Å². The smallest absolute Gasteiger partial charge is 0.123 e. The van der Waals surface area contributed by atoms with Crippen LogP contribution in [0, 0.1) is 6.92 Å². The van der Waals surface area contributed by atoms with E-state index in [1.165, 1.54) is 10.5 Å². The first-order valence-electron chi connectivity index (χ1n) is 4.55. The lowest BCUT2D eigenvalue weighted by molar-refractivity contribution is 0.146. The van der Waals surface area contributed by atoms with Gasteiger partial charge in [0.1, 0.15) is 12.4 Å². The SMILES string of the molecule is COCCOc1cccc(SC)c1C. The van der Waals surface area contributed by atoms with Gasteiger partial charge in [0, 0.05) is 17.6 Å². The van der Waals surface area contributed by atoms with Crippen molar-refractivity contribution in [2.24, 2.45) is 0 Å². The molecule has 0 spiro atoms. The molecule has 0 aliphatic carbocycles. The molecule has 0 saturated heterocycles. The first-order chi connectivity index (χ1) is 6.79. The highest BCUT2D eigenvalue weighted by Crippen LogP contribution is 2.27. The summed E-state index contributed by atoms with van der Waals surface area (Å²) in [6.07, 6.45) is 2.07. The summed E-state index contributed by atoms with van der Waals surface area (Å²) in [4.78, 5) is 1.26. The summed E-state index contributed by atoms with van der Waals surface area (Å²) in [7, 11) is 1.68. The number of hydrogen-bond acceptors (Lipinski definition) is 3. The van der Waals surface area contributed by atoms with E-state index in [0.717, 1.165) is 5.75 Å². The number of rotatable bonds is 5. The molecule has 0 saturated carbocycles. The Morgan fingerprint density at radius 3 is 2.71 bits per heavy atom. The Hall–Kier alpha value is -0.670. The molecule has 0 fully saturated rings. The average molecular weight is 212 g/mol. The van der Waals surface area contributed by atoms with Crippen molar-refractivity contribution < 1.29 is 9.47 Å². The van der Waals surface area contributed by atoms with Crippen LogP contribution in [0.25, 0.3) is 0 Å². The van der Waals surface area contributed by atoms with Gasteiger partial charge in [-0.3, -0.25) is 0 Å². The van der Waals surface area contributed by atoms with E-state index in [-0.39, 0.29) is 0 Å². The predicted molar refractivity (Wildman–Crippen MR) is 60.3 cm³/mol. The molecule has 0 atom stereocenters. The van der Waals surface area contributed by atoms with Crippen LogP contribution in [0.3, 0.4) is 0 Å². The van der Waals surface area contributed by atoms with Gasteiger partial charge in [-0.15, -0.1) is 11.8 Å². The number of ether oxygens (including phenoxy) is 2. The van der Waals surface area contributed by atoms with Crippen LogP contribution in [0.1, 0.15) is 5.56 Å². The Morgan fingerprint density at radius 2 is 2.07 bits per heavy atom. The van der Waals surface area contributed by atoms with Crippen molar-refractivity contribution in [3.8, 4) is 5.75 Å². The lowest BCUT2D eigenvalue weighted by Crippen LogP contribution is -2.05. The van der Waals surface area contributed by atoms with E-state index in [9.17, 15) is 0 Å². The van der Waals surface area contributed by atoms with E-state index >= 15 is 0 Å². The molecule has 1 aromatic carbocycles. The molecule has 0 N–H and O–H groups in total. The van der Waals surface area contributed by atoms with Crippen LogP contribution in [-0.2, 0) is 4.74 Å². The molecule has 0 heterocycles. The van der Waals surface area contributed by atoms with Crippen molar-refractivity contribution in [3.63, 3.8) is 0 Å². The maximum atomic E-state index is 5.58. The molecule has 0 radical (unpaired) electrons. The van der Waals surface area contributed by atoms with Crippen LogP contribution in [0.4, 0.5) is 0 Å². The van der Waals surface area contributed by atoms with Gasteiger partial charge < -0.3 is 9.47 Å². The molecule has 0 amide bonds. The molecule has 1 aromatic rings. The zero-order chi connectivity index (χ0) is 10.4. The summed E-state index contributed by atoms with van der Waals surface area (Å²) in [6.45, 7) is 3.31. The van der Waals surface area contributed by atoms with Gasteiger partial charge in [-0.25, -0.2) is 0 Å². The van der Waals surface area contributed by atoms with Crippen LogP contribution < -0.4 is 4.74 Å². The molecule has 3 heteroatoms. The van der Waals surface area contributed by atoms with Crippen LogP contribution in [-0.4, -0.2) is 26.6 Å². The average Bonchev–Trinajstić information content (AvgIpc) is 2.21. The summed E-state index contributed by atoms with van der Waals surface area (Å²) in [6, 6.07) is 6.11. The summed E-state index contributed by atoms with van der Waals surface area (Å²) < 4.78 is 10.5. The largest absolute Gasteiger partial charge is 0.491 e. The maximum absolute atomic E-state index is 5.58. The first kappa shape index (κ1) is 11.4. The molecule has 0 bridgehead atoms. The van der Waals surface area contributed by atoms with Gasteiger partial charge in [-0.1, -0.05) is 6.07 Å². The molecule has 0 aromatic heterocycles. The van der Waals surface area contributed by atoms with Crippen molar-refractivity contribution in [1.29, 1.82) is 0 Å². The maximum Gasteiger partial charge on any atom is 0.123 e. The Kier molecular flexibility index (Phi) is 4.84. The molecule has 2 nitrogen and oxygen atoms in total. The zero-order valence-electron chi connectivity index (χ0n) is 8.87. The van der Waals surface area contributed by atoms with E-state index in [0.29, 0.717) is 13.2 Å². The quantitative estimate of drug-likeness (QED) is 0.552. The van der Waals surface area contributed by atoms with Crippen LogP contribution in [0.15, 0.2) is 23.1 Å². The van der Waals surface area contributed by atoms with E-state index in [1.807, 2.05) is 12.1 Å². The number of hydrogen-bond donors (Lipinski definition) is 0. The van der Waals surface area contributed by atoms with Crippen molar-refractivity contribution in [3.05, 3.63) is 23.8 Å². The monoisotopic (exact) mass is 212 g/mol. The van der Waals surface area contributed by atoms with E-state index in [2.05, 4.69) is 19.2 Å². The molecule has 0 aliphatic heterocycles. The molecule has 0 aliphatic rings. The second kappa shape index (κ2) is 5.94. The second-order valence-corrected chi connectivity index (χ2v) is 3.77. The summed E-state index contributed by atoms with van der Waals surface area (Å²) in [5.41, 5.74) is 1.20. The third kappa shape index (κ3) is 2.93. The van der Waals surface area contributed by atoms with Gasteiger partial charge in [0.15, 0.2) is 0 Å². The standard InChI is InChI=1S/C11H16O2S/c1-9-10(13-8-7-12-2)5-4-6-11(9)14-3/h4-6H,7-8H2,1-3H3. The van der Waals surface area contributed by atoms with Gasteiger partial charge in [-0.05, 0) is 25.3 Å².